The Morgan fingerprint density at radius 1 is 1.19 bits per heavy atom. The first kappa shape index (κ1) is 16.2. The number of hydrogen-bond donors (Lipinski definition) is 1. The standard InChI is InChI=1S/C17H23NO2S/c1-20-10-9-18(14-17-8-5-11-21-17)13-16(19)12-15-6-3-2-4-7-15/h2-8,11,16,19H,9-10,12-14H2,1H3/t16-/m0/s1. The van der Waals surface area contributed by atoms with Crippen LogP contribution in [0.4, 0.5) is 0 Å². The predicted molar refractivity (Wildman–Crippen MR) is 87.6 cm³/mol. The van der Waals surface area contributed by atoms with Gasteiger partial charge in [-0.25, -0.2) is 0 Å². The van der Waals surface area contributed by atoms with Gasteiger partial charge in [-0.3, -0.25) is 4.90 Å². The van der Waals surface area contributed by atoms with Gasteiger partial charge in [0.2, 0.25) is 0 Å². The highest BCUT2D eigenvalue weighted by molar-refractivity contribution is 7.09. The van der Waals surface area contributed by atoms with Crippen molar-refractivity contribution in [2.45, 2.75) is 19.1 Å². The average Bonchev–Trinajstić information content (AvgIpc) is 2.98. The second-order valence-electron chi connectivity index (χ2n) is 5.15. The molecular weight excluding hydrogens is 282 g/mol. The van der Waals surface area contributed by atoms with Gasteiger partial charge in [0, 0.05) is 31.6 Å². The van der Waals surface area contributed by atoms with Gasteiger partial charge >= 0.3 is 0 Å². The highest BCUT2D eigenvalue weighted by Gasteiger charge is 2.13. The Hall–Kier alpha value is -1.20. The molecule has 1 aromatic carbocycles. The Bertz CT molecular complexity index is 487. The number of aliphatic hydroxyl groups is 1. The second kappa shape index (κ2) is 8.95. The normalized spacial score (nSPS) is 12.7. The summed E-state index contributed by atoms with van der Waals surface area (Å²) in [4.78, 5) is 3.57. The number of aliphatic hydroxyl groups excluding tert-OH is 1. The van der Waals surface area contributed by atoms with E-state index in [0.717, 1.165) is 13.1 Å². The number of ether oxygens (including phenoxy) is 1. The Morgan fingerprint density at radius 3 is 2.67 bits per heavy atom. The molecule has 4 heteroatoms. The number of nitrogens with zero attached hydrogens (tertiary/aromatic N) is 1. The van der Waals surface area contributed by atoms with Crippen molar-refractivity contribution in [1.29, 1.82) is 0 Å². The van der Waals surface area contributed by atoms with Crippen molar-refractivity contribution in [3.05, 3.63) is 58.3 Å². The zero-order valence-electron chi connectivity index (χ0n) is 12.4. The van der Waals surface area contributed by atoms with Crippen LogP contribution in [0.25, 0.3) is 0 Å². The largest absolute Gasteiger partial charge is 0.391 e. The molecule has 0 unspecified atom stereocenters. The summed E-state index contributed by atoms with van der Waals surface area (Å²) < 4.78 is 5.17. The molecule has 1 aromatic heterocycles. The lowest BCUT2D eigenvalue weighted by Gasteiger charge is -2.24. The Labute approximate surface area is 130 Å². The molecule has 3 nitrogen and oxygen atoms in total. The van der Waals surface area contributed by atoms with Crippen LogP contribution < -0.4 is 0 Å². The van der Waals surface area contributed by atoms with Crippen LogP contribution in [0.5, 0.6) is 0 Å². The molecule has 0 bridgehead atoms. The summed E-state index contributed by atoms with van der Waals surface area (Å²) >= 11 is 1.75. The summed E-state index contributed by atoms with van der Waals surface area (Å²) in [6.07, 6.45) is 0.332. The predicted octanol–water partition coefficient (Wildman–Crippen LogP) is 2.80. The Balaban J connectivity index is 1.87. The van der Waals surface area contributed by atoms with Crippen LogP contribution in [-0.2, 0) is 17.7 Å². The zero-order chi connectivity index (χ0) is 14.9. The van der Waals surface area contributed by atoms with Crippen LogP contribution in [0, 0.1) is 0 Å². The number of methoxy groups -OCH3 is 1. The fourth-order valence-corrected chi connectivity index (χ4v) is 3.07. The molecule has 1 atom stereocenters. The third-order valence-corrected chi connectivity index (χ3v) is 4.22. The van der Waals surface area contributed by atoms with Gasteiger partial charge in [0.1, 0.15) is 0 Å². The Kier molecular flexibility index (Phi) is 6.89. The summed E-state index contributed by atoms with van der Waals surface area (Å²) in [6, 6.07) is 14.3. The number of rotatable bonds is 9. The van der Waals surface area contributed by atoms with Crippen molar-refractivity contribution < 1.29 is 9.84 Å². The smallest absolute Gasteiger partial charge is 0.0707 e. The summed E-state index contributed by atoms with van der Waals surface area (Å²) in [5.74, 6) is 0. The van der Waals surface area contributed by atoms with Gasteiger partial charge in [0.05, 0.1) is 12.7 Å². The van der Waals surface area contributed by atoms with Gasteiger partial charge in [-0.15, -0.1) is 11.3 Å². The lowest BCUT2D eigenvalue weighted by atomic mass is 10.1. The molecule has 0 spiro atoms. The van der Waals surface area contributed by atoms with E-state index >= 15 is 0 Å². The van der Waals surface area contributed by atoms with E-state index in [-0.39, 0.29) is 6.10 Å². The van der Waals surface area contributed by atoms with Crippen LogP contribution in [0.3, 0.4) is 0 Å². The second-order valence-corrected chi connectivity index (χ2v) is 6.18. The maximum absolute atomic E-state index is 10.3. The van der Waals surface area contributed by atoms with Crippen molar-refractivity contribution in [1.82, 2.24) is 4.90 Å². The summed E-state index contributed by atoms with van der Waals surface area (Å²) in [7, 11) is 1.71. The highest BCUT2D eigenvalue weighted by atomic mass is 32.1. The highest BCUT2D eigenvalue weighted by Crippen LogP contribution is 2.13. The molecule has 2 rings (SSSR count). The first-order valence-corrected chi connectivity index (χ1v) is 8.11. The lowest BCUT2D eigenvalue weighted by molar-refractivity contribution is 0.0857. The van der Waals surface area contributed by atoms with E-state index in [2.05, 4.69) is 34.5 Å². The molecule has 0 saturated carbocycles. The van der Waals surface area contributed by atoms with Gasteiger partial charge < -0.3 is 9.84 Å². The molecule has 2 aromatic rings. The fourth-order valence-electron chi connectivity index (χ4n) is 2.33. The van der Waals surface area contributed by atoms with Gasteiger partial charge in [-0.2, -0.15) is 0 Å². The molecule has 0 saturated heterocycles. The average molecular weight is 305 g/mol. The minimum absolute atomic E-state index is 0.357. The topological polar surface area (TPSA) is 32.7 Å². The molecule has 0 aliphatic carbocycles. The van der Waals surface area contributed by atoms with Crippen molar-refractivity contribution in [3.63, 3.8) is 0 Å². The van der Waals surface area contributed by atoms with Crippen molar-refractivity contribution in [2.75, 3.05) is 26.8 Å². The molecule has 0 aliphatic heterocycles. The van der Waals surface area contributed by atoms with E-state index in [9.17, 15) is 5.11 Å². The fraction of sp³-hybridized carbons (Fsp3) is 0.412. The van der Waals surface area contributed by atoms with Gasteiger partial charge in [-0.1, -0.05) is 36.4 Å². The van der Waals surface area contributed by atoms with Crippen molar-refractivity contribution in [2.24, 2.45) is 0 Å². The Morgan fingerprint density at radius 2 is 2.00 bits per heavy atom. The molecule has 21 heavy (non-hydrogen) atoms. The van der Waals surface area contributed by atoms with Crippen molar-refractivity contribution >= 4 is 11.3 Å². The van der Waals surface area contributed by atoms with E-state index in [4.69, 9.17) is 4.74 Å². The number of thiophene rings is 1. The summed E-state index contributed by atoms with van der Waals surface area (Å²) in [6.45, 7) is 3.05. The first-order valence-electron chi connectivity index (χ1n) is 7.23. The van der Waals surface area contributed by atoms with Crippen molar-refractivity contribution in [3.8, 4) is 0 Å². The number of benzene rings is 1. The van der Waals surface area contributed by atoms with Gasteiger partial charge in [-0.05, 0) is 23.4 Å². The van der Waals surface area contributed by atoms with E-state index < -0.39 is 0 Å². The van der Waals surface area contributed by atoms with E-state index in [1.54, 1.807) is 18.4 Å². The number of hydrogen-bond acceptors (Lipinski definition) is 4. The molecule has 114 valence electrons. The molecule has 0 radical (unpaired) electrons. The van der Waals surface area contributed by atoms with Crippen LogP contribution >= 0.6 is 11.3 Å². The molecule has 0 amide bonds. The van der Waals surface area contributed by atoms with Crippen LogP contribution in [0.1, 0.15) is 10.4 Å². The SMILES string of the molecule is COCCN(Cc1cccs1)C[C@@H](O)Cc1ccccc1. The minimum atomic E-state index is -0.357. The van der Waals surface area contributed by atoms with Crippen LogP contribution in [0.2, 0.25) is 0 Å². The van der Waals surface area contributed by atoms with Crippen LogP contribution in [0.15, 0.2) is 47.8 Å². The molecule has 1 heterocycles. The van der Waals surface area contributed by atoms with E-state index in [1.807, 2.05) is 18.2 Å². The lowest BCUT2D eigenvalue weighted by Crippen LogP contribution is -2.35. The molecular formula is C17H23NO2S. The molecule has 1 N–H and O–H groups in total. The third-order valence-electron chi connectivity index (χ3n) is 3.35. The zero-order valence-corrected chi connectivity index (χ0v) is 13.3. The molecule has 0 aliphatic rings. The summed E-state index contributed by atoms with van der Waals surface area (Å²) in [5, 5.41) is 12.4. The first-order chi connectivity index (χ1) is 10.3. The van der Waals surface area contributed by atoms with Gasteiger partial charge in [0.25, 0.3) is 0 Å². The van der Waals surface area contributed by atoms with Crippen LogP contribution in [-0.4, -0.2) is 42.9 Å². The van der Waals surface area contributed by atoms with E-state index in [1.165, 1.54) is 10.4 Å². The van der Waals surface area contributed by atoms with Gasteiger partial charge in [0.15, 0.2) is 0 Å². The third kappa shape index (κ3) is 5.98. The molecule has 0 fully saturated rings. The minimum Gasteiger partial charge on any atom is -0.391 e. The van der Waals surface area contributed by atoms with E-state index in [0.29, 0.717) is 19.6 Å². The maximum Gasteiger partial charge on any atom is 0.0707 e. The summed E-state index contributed by atoms with van der Waals surface area (Å²) in [5.41, 5.74) is 1.17. The maximum atomic E-state index is 10.3. The monoisotopic (exact) mass is 305 g/mol. The quantitative estimate of drug-likeness (QED) is 0.773.